The van der Waals surface area contributed by atoms with Gasteiger partial charge in [0.1, 0.15) is 0 Å². The van der Waals surface area contributed by atoms with Crippen LogP contribution in [0.4, 0.5) is 0 Å². The van der Waals surface area contributed by atoms with Crippen LogP contribution in [-0.2, 0) is 0 Å². The average molecular weight is 639 g/mol. The van der Waals surface area contributed by atoms with Gasteiger partial charge in [-0.2, -0.15) is 9.97 Å². The molecule has 0 saturated heterocycles. The number of rotatable bonds is 5. The minimum absolute atomic E-state index is 0.168. The van der Waals surface area contributed by atoms with Gasteiger partial charge < -0.3 is 0 Å². The van der Waals surface area contributed by atoms with Crippen LogP contribution >= 0.6 is 0 Å². The van der Waals surface area contributed by atoms with Crippen LogP contribution in [0.25, 0.3) is 72.8 Å². The Morgan fingerprint density at radius 3 is 1.56 bits per heavy atom. The predicted octanol–water partition coefficient (Wildman–Crippen LogP) is 11.1. The molecule has 0 radical (unpaired) electrons. The second-order valence-electron chi connectivity index (χ2n) is 12.8. The van der Waals surface area contributed by atoms with Crippen molar-refractivity contribution in [3.8, 4) is 51.0 Å². The molecule has 1 aliphatic carbocycles. The molecule has 0 saturated carbocycles. The summed E-state index contributed by atoms with van der Waals surface area (Å²) in [5.74, 6) is 2.03. The van der Waals surface area contributed by atoms with Crippen LogP contribution in [0.15, 0.2) is 176 Å². The van der Waals surface area contributed by atoms with Crippen LogP contribution in [0.3, 0.4) is 0 Å². The smallest absolute Gasteiger partial charge is 0.238 e. The Hall–Kier alpha value is -6.65. The lowest BCUT2D eigenvalue weighted by atomic mass is 9.88. The van der Waals surface area contributed by atoms with E-state index in [9.17, 15) is 0 Å². The summed E-state index contributed by atoms with van der Waals surface area (Å²) >= 11 is 0. The molecule has 0 spiro atoms. The third kappa shape index (κ3) is 4.57. The zero-order chi connectivity index (χ0) is 33.0. The van der Waals surface area contributed by atoms with E-state index in [0.717, 1.165) is 27.7 Å². The number of benzene rings is 7. The van der Waals surface area contributed by atoms with E-state index >= 15 is 0 Å². The average Bonchev–Trinajstić information content (AvgIpc) is 3.71. The Morgan fingerprint density at radius 2 is 0.880 bits per heavy atom. The topological polar surface area (TPSA) is 43.6 Å². The molecule has 1 aliphatic rings. The predicted molar refractivity (Wildman–Crippen MR) is 203 cm³/mol. The number of hydrogen-bond donors (Lipinski definition) is 0. The summed E-state index contributed by atoms with van der Waals surface area (Å²) in [5.41, 5.74) is 12.9. The SMILES string of the molecule is c1ccc(-c2ccc(-c3nc(-c4ccccc4)nc(-n4c5ccccc5c5cc(C6c7ccccc7-c7ccccc76)ccc54)n3)cc2)cc1. The molecule has 0 amide bonds. The van der Waals surface area contributed by atoms with Crippen molar-refractivity contribution in [1.82, 2.24) is 19.5 Å². The van der Waals surface area contributed by atoms with Crippen molar-refractivity contribution in [3.63, 3.8) is 0 Å². The highest BCUT2D eigenvalue weighted by Gasteiger charge is 2.30. The maximum atomic E-state index is 5.17. The molecule has 0 N–H and O–H groups in total. The molecule has 2 aromatic heterocycles. The van der Waals surface area contributed by atoms with Crippen molar-refractivity contribution in [1.29, 1.82) is 0 Å². The maximum absolute atomic E-state index is 5.17. The van der Waals surface area contributed by atoms with Gasteiger partial charge in [-0.05, 0) is 57.1 Å². The fourth-order valence-electron chi connectivity index (χ4n) is 7.65. The molecule has 9 aromatic rings. The molecular weight excluding hydrogens is 609 g/mol. The maximum Gasteiger partial charge on any atom is 0.238 e. The normalized spacial score (nSPS) is 12.3. The summed E-state index contributed by atoms with van der Waals surface area (Å²) in [7, 11) is 0. The van der Waals surface area contributed by atoms with Gasteiger partial charge in [-0.3, -0.25) is 4.57 Å². The number of hydrogen-bond acceptors (Lipinski definition) is 3. The van der Waals surface area contributed by atoms with E-state index in [0.29, 0.717) is 17.6 Å². The fraction of sp³-hybridized carbons (Fsp3) is 0.0217. The fourth-order valence-corrected chi connectivity index (χ4v) is 7.65. The van der Waals surface area contributed by atoms with Gasteiger partial charge in [0.25, 0.3) is 0 Å². The van der Waals surface area contributed by atoms with Crippen LogP contribution < -0.4 is 0 Å². The summed E-state index contributed by atoms with van der Waals surface area (Å²) < 4.78 is 2.20. The third-order valence-electron chi connectivity index (χ3n) is 9.97. The molecule has 50 heavy (non-hydrogen) atoms. The monoisotopic (exact) mass is 638 g/mol. The minimum atomic E-state index is 0.168. The van der Waals surface area contributed by atoms with Gasteiger partial charge in [0.2, 0.25) is 5.95 Å². The lowest BCUT2D eigenvalue weighted by molar-refractivity contribution is 0.952. The molecule has 0 bridgehead atoms. The highest BCUT2D eigenvalue weighted by molar-refractivity contribution is 6.09. The van der Waals surface area contributed by atoms with Gasteiger partial charge in [-0.25, -0.2) is 4.98 Å². The van der Waals surface area contributed by atoms with Gasteiger partial charge in [-0.15, -0.1) is 0 Å². The van der Waals surface area contributed by atoms with Crippen LogP contribution in [0.1, 0.15) is 22.6 Å². The van der Waals surface area contributed by atoms with Gasteiger partial charge in [0, 0.05) is 27.8 Å². The van der Waals surface area contributed by atoms with Crippen molar-refractivity contribution >= 4 is 21.8 Å². The molecule has 234 valence electrons. The second kappa shape index (κ2) is 11.5. The Morgan fingerprint density at radius 1 is 0.380 bits per heavy atom. The van der Waals surface area contributed by atoms with Gasteiger partial charge >= 0.3 is 0 Å². The summed E-state index contributed by atoms with van der Waals surface area (Å²) in [4.78, 5) is 15.3. The third-order valence-corrected chi connectivity index (χ3v) is 9.97. The highest BCUT2D eigenvalue weighted by atomic mass is 15.2. The van der Waals surface area contributed by atoms with E-state index in [4.69, 9.17) is 15.0 Å². The lowest BCUT2D eigenvalue weighted by Gasteiger charge is -2.15. The zero-order valence-electron chi connectivity index (χ0n) is 27.1. The first-order chi connectivity index (χ1) is 24.8. The Balaban J connectivity index is 1.16. The first kappa shape index (κ1) is 28.4. The molecule has 10 rings (SSSR count). The Labute approximate surface area is 290 Å². The summed E-state index contributed by atoms with van der Waals surface area (Å²) in [6.07, 6.45) is 0. The number of fused-ring (bicyclic) bond motifs is 6. The van der Waals surface area contributed by atoms with Gasteiger partial charge in [0.15, 0.2) is 11.6 Å². The van der Waals surface area contributed by atoms with Crippen LogP contribution in [-0.4, -0.2) is 19.5 Å². The van der Waals surface area contributed by atoms with E-state index in [-0.39, 0.29) is 5.92 Å². The summed E-state index contributed by atoms with van der Waals surface area (Å²) in [6.45, 7) is 0. The molecule has 0 fully saturated rings. The largest absolute Gasteiger partial charge is 0.278 e. The molecule has 4 heteroatoms. The van der Waals surface area contributed by atoms with Crippen molar-refractivity contribution in [2.24, 2.45) is 0 Å². The van der Waals surface area contributed by atoms with Crippen molar-refractivity contribution in [3.05, 3.63) is 193 Å². The molecule has 4 nitrogen and oxygen atoms in total. The summed E-state index contributed by atoms with van der Waals surface area (Å²) in [5, 5.41) is 2.34. The van der Waals surface area contributed by atoms with Crippen LogP contribution in [0, 0.1) is 0 Å². The first-order valence-electron chi connectivity index (χ1n) is 17.0. The van der Waals surface area contributed by atoms with Gasteiger partial charge in [0.05, 0.1) is 11.0 Å². The molecule has 7 aromatic carbocycles. The van der Waals surface area contributed by atoms with Crippen molar-refractivity contribution < 1.29 is 0 Å². The van der Waals surface area contributed by atoms with Crippen molar-refractivity contribution in [2.75, 3.05) is 0 Å². The number of nitrogens with zero attached hydrogens (tertiary/aromatic N) is 4. The number of para-hydroxylation sites is 1. The minimum Gasteiger partial charge on any atom is -0.278 e. The highest BCUT2D eigenvalue weighted by Crippen LogP contribution is 2.48. The van der Waals surface area contributed by atoms with E-state index in [1.165, 1.54) is 44.2 Å². The quantitative estimate of drug-likeness (QED) is 0.188. The Bertz CT molecular complexity index is 2650. The van der Waals surface area contributed by atoms with E-state index in [1.807, 2.05) is 24.3 Å². The molecular formula is C46H30N4. The molecule has 0 atom stereocenters. The van der Waals surface area contributed by atoms with Crippen LogP contribution in [0.2, 0.25) is 0 Å². The van der Waals surface area contributed by atoms with E-state index in [2.05, 4.69) is 156 Å². The second-order valence-corrected chi connectivity index (χ2v) is 12.8. The summed E-state index contributed by atoms with van der Waals surface area (Å²) in [6, 6.07) is 62.2. The Kier molecular flexibility index (Phi) is 6.53. The van der Waals surface area contributed by atoms with Crippen LogP contribution in [0.5, 0.6) is 0 Å². The lowest BCUT2D eigenvalue weighted by Crippen LogP contribution is -2.06. The molecule has 0 unspecified atom stereocenters. The van der Waals surface area contributed by atoms with Crippen molar-refractivity contribution in [2.45, 2.75) is 5.92 Å². The molecule has 0 aliphatic heterocycles. The standard InChI is InChI=1S/C46H30N4/c1-3-13-30(14-4-1)31-23-25-33(26-24-31)45-47-44(32-15-5-2-6-16-32)48-46(49-45)50-41-22-12-11-19-37(41)40-29-34(27-28-42(40)50)43-38-20-9-7-17-35(38)36-18-8-10-21-39(36)43/h1-29,43H. The number of aromatic nitrogens is 4. The van der Waals surface area contributed by atoms with E-state index in [1.54, 1.807) is 0 Å². The zero-order valence-corrected chi connectivity index (χ0v) is 27.1. The van der Waals surface area contributed by atoms with Gasteiger partial charge in [-0.1, -0.05) is 158 Å². The van der Waals surface area contributed by atoms with E-state index < -0.39 is 0 Å². The molecule has 2 heterocycles. The first-order valence-corrected chi connectivity index (χ1v) is 17.0.